The summed E-state index contributed by atoms with van der Waals surface area (Å²) in [5, 5.41) is 9.66. The van der Waals surface area contributed by atoms with E-state index in [0.717, 1.165) is 6.42 Å². The standard InChI is InChI=1S/C4H8N2OS2/c1-2-3-5-4(7)6(8-3)9-5/h3-4,7H,2H2,1H3/t3-,4-/m1/s1. The average molecular weight is 164 g/mol. The molecule has 0 amide bonds. The predicted octanol–water partition coefficient (Wildman–Crippen LogP) is 0.841. The van der Waals surface area contributed by atoms with Crippen LogP contribution in [0.3, 0.4) is 0 Å². The number of hydrogen-bond donors (Lipinski definition) is 1. The molecule has 3 nitrogen and oxygen atoms in total. The molecule has 3 saturated heterocycles. The van der Waals surface area contributed by atoms with Gasteiger partial charge >= 0.3 is 0 Å². The van der Waals surface area contributed by atoms with Crippen LogP contribution in [0, 0.1) is 0 Å². The molecular weight excluding hydrogens is 156 g/mol. The molecule has 0 aromatic carbocycles. The van der Waals surface area contributed by atoms with Gasteiger partial charge in [0, 0.05) is 12.1 Å². The predicted molar refractivity (Wildman–Crippen MR) is 38.9 cm³/mol. The van der Waals surface area contributed by atoms with E-state index in [2.05, 4.69) is 6.92 Å². The molecule has 3 heterocycles. The van der Waals surface area contributed by atoms with Gasteiger partial charge in [-0.2, -0.15) is 4.31 Å². The highest BCUT2D eigenvalue weighted by Crippen LogP contribution is 2.54. The first-order chi connectivity index (χ1) is 4.33. The molecule has 0 spiro atoms. The number of hydrogen-bond acceptors (Lipinski definition) is 5. The van der Waals surface area contributed by atoms with Crippen LogP contribution in [-0.2, 0) is 0 Å². The van der Waals surface area contributed by atoms with Crippen molar-refractivity contribution in [1.29, 1.82) is 0 Å². The fourth-order valence-electron chi connectivity index (χ4n) is 0.925. The summed E-state index contributed by atoms with van der Waals surface area (Å²) in [7, 11) is 0. The minimum atomic E-state index is -0.315. The second-order valence-corrected chi connectivity index (χ2v) is 4.40. The van der Waals surface area contributed by atoms with E-state index in [9.17, 15) is 0 Å². The molecule has 4 atom stereocenters. The van der Waals surface area contributed by atoms with Crippen molar-refractivity contribution in [2.75, 3.05) is 0 Å². The third kappa shape index (κ3) is 0.729. The normalized spacial score (nSPS) is 55.3. The molecule has 1 N–H and O–H groups in total. The monoisotopic (exact) mass is 164 g/mol. The molecule has 9 heavy (non-hydrogen) atoms. The van der Waals surface area contributed by atoms with E-state index in [1.54, 1.807) is 24.1 Å². The van der Waals surface area contributed by atoms with Gasteiger partial charge in [0.15, 0.2) is 6.35 Å². The summed E-state index contributed by atoms with van der Waals surface area (Å²) >= 11 is 3.33. The lowest BCUT2D eigenvalue weighted by molar-refractivity contribution is -0.000237. The van der Waals surface area contributed by atoms with Gasteiger partial charge < -0.3 is 5.11 Å². The van der Waals surface area contributed by atoms with Crippen LogP contribution >= 0.6 is 24.1 Å². The van der Waals surface area contributed by atoms with Crippen LogP contribution in [-0.4, -0.2) is 24.8 Å². The molecule has 5 heteroatoms. The van der Waals surface area contributed by atoms with Gasteiger partial charge in [-0.1, -0.05) is 6.92 Å². The Labute approximate surface area is 62.8 Å². The molecule has 52 valence electrons. The maximum Gasteiger partial charge on any atom is 0.196 e. The molecule has 3 aliphatic rings. The summed E-state index contributed by atoms with van der Waals surface area (Å²) in [5.74, 6) is 0. The molecule has 0 radical (unpaired) electrons. The smallest absolute Gasteiger partial charge is 0.196 e. The number of rotatable bonds is 1. The van der Waals surface area contributed by atoms with Crippen molar-refractivity contribution in [2.24, 2.45) is 0 Å². The maximum absolute atomic E-state index is 9.16. The van der Waals surface area contributed by atoms with Gasteiger partial charge in [0.25, 0.3) is 0 Å². The quantitative estimate of drug-likeness (QED) is 0.580. The third-order valence-electron chi connectivity index (χ3n) is 1.45. The summed E-state index contributed by atoms with van der Waals surface area (Å²) in [6.07, 6.45) is 0.788. The largest absolute Gasteiger partial charge is 0.363 e. The van der Waals surface area contributed by atoms with Crippen LogP contribution in [0.5, 0.6) is 0 Å². The summed E-state index contributed by atoms with van der Waals surface area (Å²) in [6.45, 7) is 2.13. The first-order valence-corrected chi connectivity index (χ1v) is 4.50. The minimum absolute atomic E-state index is 0.315. The number of aliphatic hydroxyl groups excluding tert-OH is 1. The molecular formula is C4H8N2OS2. The zero-order valence-electron chi connectivity index (χ0n) is 5.02. The van der Waals surface area contributed by atoms with Crippen molar-refractivity contribution in [3.05, 3.63) is 0 Å². The van der Waals surface area contributed by atoms with Crippen molar-refractivity contribution in [2.45, 2.75) is 25.1 Å². The van der Waals surface area contributed by atoms with Gasteiger partial charge in [-0.25, -0.2) is 0 Å². The van der Waals surface area contributed by atoms with E-state index in [-0.39, 0.29) is 6.35 Å². The van der Waals surface area contributed by atoms with Gasteiger partial charge in [0.1, 0.15) is 0 Å². The number of nitrogens with zero attached hydrogens (tertiary/aromatic N) is 2. The van der Waals surface area contributed by atoms with Crippen LogP contribution in [0.15, 0.2) is 0 Å². The van der Waals surface area contributed by atoms with Crippen molar-refractivity contribution >= 4 is 24.1 Å². The van der Waals surface area contributed by atoms with E-state index < -0.39 is 0 Å². The lowest BCUT2D eigenvalue weighted by atomic mass is 10.5. The summed E-state index contributed by atoms with van der Waals surface area (Å²) < 4.78 is 3.92. The molecule has 3 rings (SSSR count). The Bertz CT molecular complexity index is 134. The average Bonchev–Trinajstić information content (AvgIpc) is 2.40. The lowest BCUT2D eigenvalue weighted by Gasteiger charge is -2.33. The Morgan fingerprint density at radius 3 is 2.67 bits per heavy atom. The summed E-state index contributed by atoms with van der Waals surface area (Å²) in [5.41, 5.74) is 0. The molecule has 0 aromatic heterocycles. The number of fused-ring (bicyclic) bond motifs is 1. The van der Waals surface area contributed by atoms with E-state index in [1.165, 1.54) is 0 Å². The molecule has 0 aliphatic carbocycles. The van der Waals surface area contributed by atoms with E-state index in [0.29, 0.717) is 5.37 Å². The highest BCUT2D eigenvalue weighted by molar-refractivity contribution is 8.15. The zero-order chi connectivity index (χ0) is 6.43. The van der Waals surface area contributed by atoms with E-state index in [1.807, 2.05) is 8.02 Å². The van der Waals surface area contributed by atoms with Gasteiger partial charge in [-0.15, -0.1) is 3.71 Å². The fraction of sp³-hybridized carbons (Fsp3) is 1.00. The highest BCUT2D eigenvalue weighted by Gasteiger charge is 2.50. The molecule has 3 aliphatic heterocycles. The SMILES string of the molecule is CC[C@H]1SN2SN1[C@H]2O. The fourth-order valence-corrected chi connectivity index (χ4v) is 3.37. The molecule has 0 aromatic rings. The maximum atomic E-state index is 9.16. The van der Waals surface area contributed by atoms with Crippen LogP contribution < -0.4 is 0 Å². The molecule has 3 fully saturated rings. The van der Waals surface area contributed by atoms with Gasteiger partial charge in [-0.05, 0) is 18.4 Å². The minimum Gasteiger partial charge on any atom is -0.363 e. The topological polar surface area (TPSA) is 26.7 Å². The first kappa shape index (κ1) is 6.30. The second kappa shape index (κ2) is 2.03. The second-order valence-electron chi connectivity index (χ2n) is 2.04. The summed E-state index contributed by atoms with van der Waals surface area (Å²) in [4.78, 5) is 0. The van der Waals surface area contributed by atoms with Crippen LogP contribution in [0.2, 0.25) is 0 Å². The van der Waals surface area contributed by atoms with Crippen LogP contribution in [0.25, 0.3) is 0 Å². The molecule has 2 bridgehead atoms. The third-order valence-corrected chi connectivity index (χ3v) is 4.22. The Hall–Kier alpha value is 0.580. The Kier molecular flexibility index (Phi) is 1.42. The molecule has 2 unspecified atom stereocenters. The first-order valence-electron chi connectivity index (χ1n) is 2.93. The van der Waals surface area contributed by atoms with Gasteiger partial charge in [-0.3, -0.25) is 0 Å². The Balaban J connectivity index is 2.03. The highest BCUT2D eigenvalue weighted by atomic mass is 32.2. The van der Waals surface area contributed by atoms with Crippen molar-refractivity contribution in [1.82, 2.24) is 8.02 Å². The molecule has 0 saturated carbocycles. The Morgan fingerprint density at radius 2 is 2.44 bits per heavy atom. The van der Waals surface area contributed by atoms with Crippen molar-refractivity contribution < 1.29 is 5.11 Å². The number of aliphatic hydroxyl groups is 1. The Morgan fingerprint density at radius 1 is 1.67 bits per heavy atom. The van der Waals surface area contributed by atoms with Crippen LogP contribution in [0.4, 0.5) is 0 Å². The van der Waals surface area contributed by atoms with Crippen molar-refractivity contribution in [3.8, 4) is 0 Å². The summed E-state index contributed by atoms with van der Waals surface area (Å²) in [6, 6.07) is 0. The lowest BCUT2D eigenvalue weighted by Crippen LogP contribution is -2.43. The van der Waals surface area contributed by atoms with Crippen molar-refractivity contribution in [3.63, 3.8) is 0 Å². The van der Waals surface area contributed by atoms with Crippen LogP contribution in [0.1, 0.15) is 13.3 Å². The van der Waals surface area contributed by atoms with E-state index >= 15 is 0 Å². The van der Waals surface area contributed by atoms with Gasteiger partial charge in [0.05, 0.1) is 5.37 Å². The zero-order valence-corrected chi connectivity index (χ0v) is 6.65. The van der Waals surface area contributed by atoms with E-state index in [4.69, 9.17) is 5.11 Å². The van der Waals surface area contributed by atoms with Gasteiger partial charge in [0.2, 0.25) is 0 Å².